The quantitative estimate of drug-likeness (QED) is 0.830. The zero-order chi connectivity index (χ0) is 18.0. The molecule has 1 aliphatic rings. The Kier molecular flexibility index (Phi) is 5.15. The number of benzene rings is 1. The number of methoxy groups -OCH3 is 1. The van der Waals surface area contributed by atoms with Crippen LogP contribution in [0.5, 0.6) is 5.75 Å². The minimum absolute atomic E-state index is 0.183. The third-order valence-electron chi connectivity index (χ3n) is 4.77. The van der Waals surface area contributed by atoms with Gasteiger partial charge >= 0.3 is 0 Å². The Labute approximate surface area is 148 Å². The van der Waals surface area contributed by atoms with Gasteiger partial charge in [0.05, 0.1) is 12.8 Å². The van der Waals surface area contributed by atoms with Gasteiger partial charge in [0.25, 0.3) is 0 Å². The minimum Gasteiger partial charge on any atom is -0.495 e. The molecule has 0 N–H and O–H groups in total. The Balaban J connectivity index is 2.07. The molecule has 1 fully saturated rings. The molecule has 0 atom stereocenters. The number of aromatic nitrogens is 1. The lowest BCUT2D eigenvalue weighted by Crippen LogP contribution is -2.32. The molecule has 1 aromatic carbocycles. The maximum absolute atomic E-state index is 13.2. The number of nitrogens with zero attached hydrogens (tertiary/aromatic N) is 2. The Morgan fingerprint density at radius 3 is 2.36 bits per heavy atom. The fraction of sp³-hybridized carbons (Fsp3) is 0.500. The van der Waals surface area contributed by atoms with Crippen molar-refractivity contribution in [1.82, 2.24) is 9.46 Å². The third-order valence-corrected chi connectivity index (χ3v) is 6.69. The van der Waals surface area contributed by atoms with Crippen LogP contribution in [0.1, 0.15) is 36.9 Å². The minimum atomic E-state index is -3.62. The molecule has 0 bridgehead atoms. The van der Waals surface area contributed by atoms with Gasteiger partial charge in [-0.1, -0.05) is 18.0 Å². The molecule has 6 nitrogen and oxygen atoms in total. The molecule has 0 radical (unpaired) electrons. The predicted octanol–water partition coefficient (Wildman–Crippen LogP) is 3.53. The Bertz CT molecular complexity index is 850. The molecule has 0 amide bonds. The number of rotatable bonds is 4. The van der Waals surface area contributed by atoms with Gasteiger partial charge in [0.1, 0.15) is 10.6 Å². The maximum Gasteiger partial charge on any atom is 0.246 e. The highest BCUT2D eigenvalue weighted by Crippen LogP contribution is 2.34. The van der Waals surface area contributed by atoms with Crippen LogP contribution in [-0.2, 0) is 10.0 Å². The zero-order valence-corrected chi connectivity index (χ0v) is 15.7. The van der Waals surface area contributed by atoms with E-state index in [4.69, 9.17) is 9.26 Å². The van der Waals surface area contributed by atoms with Gasteiger partial charge in [-0.05, 0) is 44.9 Å². The fourth-order valence-corrected chi connectivity index (χ4v) is 4.82. The average molecular weight is 364 g/mol. The number of hydrogen-bond acceptors (Lipinski definition) is 5. The molecular formula is C18H24N2O4S. The van der Waals surface area contributed by atoms with Crippen molar-refractivity contribution in [2.75, 3.05) is 20.2 Å². The van der Waals surface area contributed by atoms with Crippen LogP contribution in [0.3, 0.4) is 0 Å². The lowest BCUT2D eigenvalue weighted by Gasteiger charge is -2.21. The molecule has 2 aromatic rings. The van der Waals surface area contributed by atoms with E-state index in [1.165, 1.54) is 7.11 Å². The molecule has 3 rings (SSSR count). The normalized spacial score (nSPS) is 16.6. The molecule has 25 heavy (non-hydrogen) atoms. The van der Waals surface area contributed by atoms with Gasteiger partial charge in [0.15, 0.2) is 5.76 Å². The van der Waals surface area contributed by atoms with Crippen LogP contribution in [0.25, 0.3) is 11.3 Å². The Morgan fingerprint density at radius 1 is 1.12 bits per heavy atom. The first-order valence-electron chi connectivity index (χ1n) is 8.56. The van der Waals surface area contributed by atoms with Crippen molar-refractivity contribution >= 4 is 10.0 Å². The van der Waals surface area contributed by atoms with Gasteiger partial charge in [-0.15, -0.1) is 0 Å². The lowest BCUT2D eigenvalue weighted by atomic mass is 10.1. The summed E-state index contributed by atoms with van der Waals surface area (Å²) in [5.74, 6) is 0.939. The molecule has 0 unspecified atom stereocenters. The number of ether oxygens (including phenoxy) is 1. The largest absolute Gasteiger partial charge is 0.495 e. The predicted molar refractivity (Wildman–Crippen MR) is 95.2 cm³/mol. The van der Waals surface area contributed by atoms with Gasteiger partial charge in [0, 0.05) is 24.2 Å². The summed E-state index contributed by atoms with van der Waals surface area (Å²) in [5.41, 5.74) is 2.39. The van der Waals surface area contributed by atoms with Gasteiger partial charge in [-0.25, -0.2) is 8.42 Å². The summed E-state index contributed by atoms with van der Waals surface area (Å²) in [6.45, 7) is 4.88. The summed E-state index contributed by atoms with van der Waals surface area (Å²) in [7, 11) is -2.13. The van der Waals surface area contributed by atoms with Crippen LogP contribution >= 0.6 is 0 Å². The van der Waals surface area contributed by atoms with Crippen LogP contribution < -0.4 is 4.74 Å². The van der Waals surface area contributed by atoms with E-state index < -0.39 is 10.0 Å². The first kappa shape index (κ1) is 17.9. The van der Waals surface area contributed by atoms with Crippen LogP contribution in [-0.4, -0.2) is 38.1 Å². The van der Waals surface area contributed by atoms with E-state index >= 15 is 0 Å². The molecule has 1 aliphatic heterocycles. The molecule has 0 aliphatic carbocycles. The van der Waals surface area contributed by atoms with Crippen molar-refractivity contribution in [2.24, 2.45) is 0 Å². The molecule has 2 heterocycles. The molecular weight excluding hydrogens is 340 g/mol. The molecule has 136 valence electrons. The lowest BCUT2D eigenvalue weighted by molar-refractivity contribution is 0.391. The van der Waals surface area contributed by atoms with Gasteiger partial charge in [-0.3, -0.25) is 0 Å². The van der Waals surface area contributed by atoms with Crippen LogP contribution in [0.15, 0.2) is 27.6 Å². The monoisotopic (exact) mass is 364 g/mol. The Morgan fingerprint density at radius 2 is 1.80 bits per heavy atom. The smallest absolute Gasteiger partial charge is 0.246 e. The standard InChI is InChI=1S/C18H24N2O4S/c1-13-14(2)19-24-18(13)15-8-9-16(23-3)17(12-15)25(21,22)20-10-6-4-5-7-11-20/h8-9,12H,4-7,10-11H2,1-3H3. The van der Waals surface area contributed by atoms with Crippen molar-refractivity contribution in [3.63, 3.8) is 0 Å². The molecule has 7 heteroatoms. The number of hydrogen-bond donors (Lipinski definition) is 0. The summed E-state index contributed by atoms with van der Waals surface area (Å²) < 4.78 is 38.7. The van der Waals surface area contributed by atoms with E-state index in [0.29, 0.717) is 30.2 Å². The second-order valence-electron chi connectivity index (χ2n) is 6.41. The summed E-state index contributed by atoms with van der Waals surface area (Å²) in [4.78, 5) is 0.183. The third kappa shape index (κ3) is 3.43. The highest BCUT2D eigenvalue weighted by Gasteiger charge is 2.29. The molecule has 1 saturated heterocycles. The maximum atomic E-state index is 13.2. The summed E-state index contributed by atoms with van der Waals surface area (Å²) in [5, 5.41) is 3.96. The van der Waals surface area contributed by atoms with Crippen molar-refractivity contribution in [1.29, 1.82) is 0 Å². The van der Waals surface area contributed by atoms with Crippen LogP contribution in [0.4, 0.5) is 0 Å². The number of sulfonamides is 1. The molecule has 0 spiro atoms. The van der Waals surface area contributed by atoms with E-state index in [-0.39, 0.29) is 4.90 Å². The highest BCUT2D eigenvalue weighted by molar-refractivity contribution is 7.89. The van der Waals surface area contributed by atoms with Gasteiger partial charge in [-0.2, -0.15) is 4.31 Å². The summed E-state index contributed by atoms with van der Waals surface area (Å²) in [6.07, 6.45) is 3.92. The van der Waals surface area contributed by atoms with E-state index in [9.17, 15) is 8.42 Å². The fourth-order valence-electron chi connectivity index (χ4n) is 3.13. The van der Waals surface area contributed by atoms with E-state index in [0.717, 1.165) is 36.9 Å². The number of aryl methyl sites for hydroxylation is 1. The first-order valence-corrected chi connectivity index (χ1v) is 10.0. The average Bonchev–Trinajstić information content (AvgIpc) is 2.83. The highest BCUT2D eigenvalue weighted by atomic mass is 32.2. The summed E-state index contributed by atoms with van der Waals surface area (Å²) >= 11 is 0. The van der Waals surface area contributed by atoms with Gasteiger partial charge < -0.3 is 9.26 Å². The van der Waals surface area contributed by atoms with Crippen molar-refractivity contribution < 1.29 is 17.7 Å². The van der Waals surface area contributed by atoms with Crippen molar-refractivity contribution in [3.8, 4) is 17.1 Å². The first-order chi connectivity index (χ1) is 11.9. The summed E-state index contributed by atoms with van der Waals surface area (Å²) in [6, 6.07) is 5.11. The van der Waals surface area contributed by atoms with Gasteiger partial charge in [0.2, 0.25) is 10.0 Å². The second-order valence-corrected chi connectivity index (χ2v) is 8.31. The van der Waals surface area contributed by atoms with E-state index in [1.54, 1.807) is 22.5 Å². The SMILES string of the molecule is COc1ccc(-c2onc(C)c2C)cc1S(=O)(=O)N1CCCCCC1. The molecule has 0 saturated carbocycles. The Hall–Kier alpha value is -1.86. The van der Waals surface area contributed by atoms with Crippen LogP contribution in [0, 0.1) is 13.8 Å². The zero-order valence-electron chi connectivity index (χ0n) is 14.9. The topological polar surface area (TPSA) is 72.6 Å². The van der Waals surface area contributed by atoms with E-state index in [2.05, 4.69) is 5.16 Å². The second kappa shape index (κ2) is 7.17. The van der Waals surface area contributed by atoms with Crippen LogP contribution in [0.2, 0.25) is 0 Å². The molecule has 1 aromatic heterocycles. The van der Waals surface area contributed by atoms with Crippen molar-refractivity contribution in [2.45, 2.75) is 44.4 Å². The van der Waals surface area contributed by atoms with Crippen molar-refractivity contribution in [3.05, 3.63) is 29.5 Å². The van der Waals surface area contributed by atoms with E-state index in [1.807, 2.05) is 13.8 Å².